The molecule has 0 radical (unpaired) electrons. The van der Waals surface area contributed by atoms with Crippen LogP contribution in [0.3, 0.4) is 0 Å². The van der Waals surface area contributed by atoms with Crippen molar-refractivity contribution in [3.8, 4) is 23.6 Å². The van der Waals surface area contributed by atoms with Crippen LogP contribution in [0.4, 0.5) is 5.69 Å². The summed E-state index contributed by atoms with van der Waals surface area (Å²) < 4.78 is 5.69. The zero-order valence-electron chi connectivity index (χ0n) is 11.9. The Balaban J connectivity index is 1.95. The number of fused-ring (bicyclic) bond motifs is 1. The van der Waals surface area contributed by atoms with E-state index >= 15 is 0 Å². The van der Waals surface area contributed by atoms with E-state index in [0.29, 0.717) is 38.3 Å². The van der Waals surface area contributed by atoms with E-state index < -0.39 is 0 Å². The molecule has 1 aromatic heterocycles. The molecule has 0 fully saturated rings. The first-order chi connectivity index (χ1) is 11.6. The molecule has 1 heterocycles. The standard InChI is InChI=1S/C16H7Cl2N5O/c17-12-3-1-9(5-13(12)18)16-21-14-6-10(2-4-15(14)24-16)22-23-11(7-19)8-20/h1-6,22H. The Bertz CT molecular complexity index is 1030. The summed E-state index contributed by atoms with van der Waals surface area (Å²) in [6.07, 6.45) is 0. The topological polar surface area (TPSA) is 98.0 Å². The molecule has 0 aliphatic heterocycles. The fourth-order valence-electron chi connectivity index (χ4n) is 1.95. The smallest absolute Gasteiger partial charge is 0.237 e. The maximum atomic E-state index is 8.66. The quantitative estimate of drug-likeness (QED) is 0.546. The Morgan fingerprint density at radius 2 is 1.88 bits per heavy atom. The van der Waals surface area contributed by atoms with Crippen LogP contribution in [-0.4, -0.2) is 10.7 Å². The fraction of sp³-hybridized carbons (Fsp3) is 0. The average molecular weight is 356 g/mol. The van der Waals surface area contributed by atoms with Crippen molar-refractivity contribution in [2.24, 2.45) is 5.10 Å². The molecule has 0 amide bonds. The predicted molar refractivity (Wildman–Crippen MR) is 91.7 cm³/mol. The highest BCUT2D eigenvalue weighted by atomic mass is 35.5. The number of nitrogens with zero attached hydrogens (tertiary/aromatic N) is 4. The zero-order chi connectivity index (χ0) is 17.1. The molecule has 8 heteroatoms. The first-order valence-corrected chi connectivity index (χ1v) is 7.36. The lowest BCUT2D eigenvalue weighted by molar-refractivity contribution is 0.620. The third-order valence-electron chi connectivity index (χ3n) is 3.06. The number of rotatable bonds is 3. The van der Waals surface area contributed by atoms with E-state index in [1.807, 2.05) is 0 Å². The Kier molecular flexibility index (Phi) is 4.35. The van der Waals surface area contributed by atoms with E-state index in [2.05, 4.69) is 15.5 Å². The molecule has 1 N–H and O–H groups in total. The molecule has 0 spiro atoms. The summed E-state index contributed by atoms with van der Waals surface area (Å²) in [6.45, 7) is 0. The molecule has 0 saturated carbocycles. The van der Waals surface area contributed by atoms with Crippen LogP contribution < -0.4 is 5.43 Å². The van der Waals surface area contributed by atoms with Crippen molar-refractivity contribution in [1.29, 1.82) is 10.5 Å². The second-order valence-electron chi connectivity index (χ2n) is 4.63. The fourth-order valence-corrected chi connectivity index (χ4v) is 2.24. The first-order valence-electron chi connectivity index (χ1n) is 6.60. The van der Waals surface area contributed by atoms with Crippen molar-refractivity contribution in [3.05, 3.63) is 46.4 Å². The van der Waals surface area contributed by atoms with Crippen LogP contribution in [-0.2, 0) is 0 Å². The first kappa shape index (κ1) is 15.8. The number of hydrogen-bond acceptors (Lipinski definition) is 6. The zero-order valence-corrected chi connectivity index (χ0v) is 13.4. The lowest BCUT2D eigenvalue weighted by Gasteiger charge is -1.97. The highest BCUT2D eigenvalue weighted by molar-refractivity contribution is 6.42. The molecule has 116 valence electrons. The summed E-state index contributed by atoms with van der Waals surface area (Å²) in [5.41, 5.74) is 4.79. The molecule has 0 aliphatic carbocycles. The molecule has 0 bridgehead atoms. The van der Waals surface area contributed by atoms with Crippen molar-refractivity contribution in [3.63, 3.8) is 0 Å². The van der Waals surface area contributed by atoms with E-state index in [0.717, 1.165) is 0 Å². The van der Waals surface area contributed by atoms with E-state index in [1.165, 1.54) is 0 Å². The van der Waals surface area contributed by atoms with Gasteiger partial charge in [-0.15, -0.1) is 0 Å². The van der Waals surface area contributed by atoms with Crippen molar-refractivity contribution in [2.45, 2.75) is 0 Å². The Labute approximate surface area is 146 Å². The predicted octanol–water partition coefficient (Wildman–Crippen LogP) is 4.62. The summed E-state index contributed by atoms with van der Waals surface area (Å²) in [5, 5.41) is 21.9. The lowest BCUT2D eigenvalue weighted by atomic mass is 10.2. The normalized spacial score (nSPS) is 10.0. The minimum Gasteiger partial charge on any atom is -0.436 e. The van der Waals surface area contributed by atoms with Gasteiger partial charge in [0, 0.05) is 5.56 Å². The number of hydrazone groups is 1. The Morgan fingerprint density at radius 3 is 2.58 bits per heavy atom. The van der Waals surface area contributed by atoms with Crippen LogP contribution in [0.5, 0.6) is 0 Å². The van der Waals surface area contributed by atoms with Crippen LogP contribution in [0, 0.1) is 22.7 Å². The van der Waals surface area contributed by atoms with E-state index in [-0.39, 0.29) is 5.71 Å². The highest BCUT2D eigenvalue weighted by Gasteiger charge is 2.10. The van der Waals surface area contributed by atoms with E-state index in [4.69, 9.17) is 38.1 Å². The van der Waals surface area contributed by atoms with Gasteiger partial charge in [0.05, 0.1) is 15.7 Å². The number of anilines is 1. The molecule has 2 aromatic carbocycles. The highest BCUT2D eigenvalue weighted by Crippen LogP contribution is 2.30. The summed E-state index contributed by atoms with van der Waals surface area (Å²) in [4.78, 5) is 4.39. The third-order valence-corrected chi connectivity index (χ3v) is 3.80. The van der Waals surface area contributed by atoms with Gasteiger partial charge in [0.15, 0.2) is 5.58 Å². The molecular formula is C16H7Cl2N5O. The number of nitrogens with one attached hydrogen (secondary N) is 1. The van der Waals surface area contributed by atoms with Crippen LogP contribution >= 0.6 is 23.2 Å². The lowest BCUT2D eigenvalue weighted by Crippen LogP contribution is -1.95. The number of benzene rings is 2. The van der Waals surface area contributed by atoms with Gasteiger partial charge in [-0.3, -0.25) is 5.43 Å². The average Bonchev–Trinajstić information content (AvgIpc) is 3.01. The SMILES string of the molecule is N#CC(C#N)=NNc1ccc2oc(-c3ccc(Cl)c(Cl)c3)nc2c1. The van der Waals surface area contributed by atoms with Crippen molar-refractivity contribution < 1.29 is 4.42 Å². The molecule has 3 rings (SSSR count). The summed E-state index contributed by atoms with van der Waals surface area (Å²) in [7, 11) is 0. The molecule has 0 saturated heterocycles. The van der Waals surface area contributed by atoms with Gasteiger partial charge >= 0.3 is 0 Å². The summed E-state index contributed by atoms with van der Waals surface area (Å²) >= 11 is 11.9. The molecule has 0 atom stereocenters. The largest absolute Gasteiger partial charge is 0.436 e. The minimum absolute atomic E-state index is 0.272. The van der Waals surface area contributed by atoms with Crippen LogP contribution in [0.1, 0.15) is 0 Å². The van der Waals surface area contributed by atoms with Crippen LogP contribution in [0.2, 0.25) is 10.0 Å². The Hall–Kier alpha value is -3.06. The molecule has 0 aliphatic rings. The third kappa shape index (κ3) is 3.16. The minimum atomic E-state index is -0.272. The van der Waals surface area contributed by atoms with Gasteiger partial charge in [0.1, 0.15) is 17.7 Å². The number of hydrogen-bond donors (Lipinski definition) is 1. The maximum Gasteiger partial charge on any atom is 0.237 e. The van der Waals surface area contributed by atoms with Crippen molar-refractivity contribution >= 4 is 45.7 Å². The summed E-state index contributed by atoms with van der Waals surface area (Å²) in [5.74, 6) is 0.402. The molecule has 3 aromatic rings. The van der Waals surface area contributed by atoms with Gasteiger partial charge < -0.3 is 4.42 Å². The number of halogens is 2. The maximum absolute atomic E-state index is 8.66. The number of oxazole rings is 1. The second kappa shape index (κ2) is 6.59. The van der Waals surface area contributed by atoms with Crippen molar-refractivity contribution in [1.82, 2.24) is 4.98 Å². The molecule has 0 unspecified atom stereocenters. The van der Waals surface area contributed by atoms with Crippen LogP contribution in [0.25, 0.3) is 22.6 Å². The molecular weight excluding hydrogens is 349 g/mol. The van der Waals surface area contributed by atoms with Crippen LogP contribution in [0.15, 0.2) is 45.9 Å². The van der Waals surface area contributed by atoms with Crippen molar-refractivity contribution in [2.75, 3.05) is 5.43 Å². The van der Waals surface area contributed by atoms with Gasteiger partial charge in [-0.1, -0.05) is 23.2 Å². The van der Waals surface area contributed by atoms with E-state index in [9.17, 15) is 0 Å². The number of nitriles is 2. The molecule has 24 heavy (non-hydrogen) atoms. The number of aromatic nitrogens is 1. The van der Waals surface area contributed by atoms with Gasteiger partial charge in [0.25, 0.3) is 0 Å². The van der Waals surface area contributed by atoms with E-state index in [1.54, 1.807) is 48.5 Å². The van der Waals surface area contributed by atoms with Gasteiger partial charge in [0.2, 0.25) is 11.6 Å². The second-order valence-corrected chi connectivity index (χ2v) is 5.44. The molecule has 6 nitrogen and oxygen atoms in total. The van der Waals surface area contributed by atoms with Gasteiger partial charge in [-0.05, 0) is 36.4 Å². The van der Waals surface area contributed by atoms with Gasteiger partial charge in [-0.2, -0.15) is 15.6 Å². The monoisotopic (exact) mass is 355 g/mol. The van der Waals surface area contributed by atoms with Gasteiger partial charge in [-0.25, -0.2) is 4.98 Å². The summed E-state index contributed by atoms with van der Waals surface area (Å²) in [6, 6.07) is 13.5. The Morgan fingerprint density at radius 1 is 1.08 bits per heavy atom.